The molecule has 6 aromatic carbocycles. The van der Waals surface area contributed by atoms with Crippen molar-refractivity contribution in [3.63, 3.8) is 0 Å². The van der Waals surface area contributed by atoms with E-state index in [2.05, 4.69) is 88.0 Å². The fourth-order valence-electron chi connectivity index (χ4n) is 7.16. The Balaban J connectivity index is 1.38. The molecule has 0 aliphatic rings. The van der Waals surface area contributed by atoms with Crippen molar-refractivity contribution in [2.75, 3.05) is 0 Å². The van der Waals surface area contributed by atoms with E-state index in [9.17, 15) is 0 Å². The smallest absolute Gasteiger partial charge is 0.234 e. The predicted octanol–water partition coefficient (Wildman–Crippen LogP) is 9.86. The SMILES string of the molecule is c1ccc(-c2nc(-c3ccccc3)nc(-c3cccc4c5ccc6c7ccccc7n(-c7ncccn7)c6c5n(-c5ccccc5)c34)n2)cc1. The highest BCUT2D eigenvalue weighted by molar-refractivity contribution is 6.25. The van der Waals surface area contributed by atoms with Crippen molar-refractivity contribution in [1.82, 2.24) is 34.1 Å². The molecule has 50 heavy (non-hydrogen) atoms. The number of para-hydroxylation sites is 3. The molecule has 0 bridgehead atoms. The number of aromatic nitrogens is 7. The van der Waals surface area contributed by atoms with Crippen LogP contribution in [0.15, 0.2) is 164 Å². The van der Waals surface area contributed by atoms with E-state index in [0.717, 1.165) is 66.0 Å². The van der Waals surface area contributed by atoms with Gasteiger partial charge in [-0.15, -0.1) is 0 Å². The number of hydrogen-bond acceptors (Lipinski definition) is 5. The topological polar surface area (TPSA) is 74.3 Å². The van der Waals surface area contributed by atoms with Crippen LogP contribution in [0.3, 0.4) is 0 Å². The van der Waals surface area contributed by atoms with Gasteiger partial charge in [-0.2, -0.15) is 0 Å². The fourth-order valence-corrected chi connectivity index (χ4v) is 7.16. The van der Waals surface area contributed by atoms with Crippen molar-refractivity contribution in [3.8, 4) is 45.8 Å². The summed E-state index contributed by atoms with van der Waals surface area (Å²) in [5, 5.41) is 4.47. The Labute approximate surface area is 286 Å². The van der Waals surface area contributed by atoms with Gasteiger partial charge in [-0.25, -0.2) is 24.9 Å². The second-order valence-corrected chi connectivity index (χ2v) is 12.2. The number of fused-ring (bicyclic) bond motifs is 7. The lowest BCUT2D eigenvalue weighted by molar-refractivity contribution is 0.988. The summed E-state index contributed by atoms with van der Waals surface area (Å²) < 4.78 is 4.55. The molecule has 0 saturated carbocycles. The molecule has 7 heteroatoms. The summed E-state index contributed by atoms with van der Waals surface area (Å²) in [5.41, 5.74) is 7.94. The van der Waals surface area contributed by atoms with E-state index >= 15 is 0 Å². The third-order valence-corrected chi connectivity index (χ3v) is 9.29. The van der Waals surface area contributed by atoms with Gasteiger partial charge in [0.25, 0.3) is 0 Å². The highest BCUT2D eigenvalue weighted by Gasteiger charge is 2.24. The summed E-state index contributed by atoms with van der Waals surface area (Å²) in [5.74, 6) is 2.47. The Hall–Kier alpha value is -6.99. The Bertz CT molecular complexity index is 2790. The van der Waals surface area contributed by atoms with Crippen molar-refractivity contribution in [1.29, 1.82) is 0 Å². The summed E-state index contributed by atoms with van der Waals surface area (Å²) in [6, 6.07) is 51.9. The molecule has 0 fully saturated rings. The largest absolute Gasteiger partial charge is 0.306 e. The molecule has 0 radical (unpaired) electrons. The quantitative estimate of drug-likeness (QED) is 0.187. The van der Waals surface area contributed by atoms with E-state index in [-0.39, 0.29) is 0 Å². The average molecular weight is 642 g/mol. The van der Waals surface area contributed by atoms with Crippen LogP contribution in [-0.4, -0.2) is 34.1 Å². The van der Waals surface area contributed by atoms with Crippen molar-refractivity contribution >= 4 is 43.6 Å². The molecule has 0 aliphatic heterocycles. The van der Waals surface area contributed by atoms with Crippen LogP contribution < -0.4 is 0 Å². The molecule has 10 rings (SSSR count). The third kappa shape index (κ3) is 4.34. The van der Waals surface area contributed by atoms with Gasteiger partial charge in [0.1, 0.15) is 0 Å². The Kier molecular flexibility index (Phi) is 6.35. The van der Waals surface area contributed by atoms with Gasteiger partial charge in [-0.1, -0.05) is 121 Å². The van der Waals surface area contributed by atoms with Gasteiger partial charge in [0.05, 0.1) is 22.1 Å². The minimum Gasteiger partial charge on any atom is -0.306 e. The lowest BCUT2D eigenvalue weighted by atomic mass is 10.1. The Morgan fingerprint density at radius 3 is 1.56 bits per heavy atom. The van der Waals surface area contributed by atoms with Gasteiger partial charge < -0.3 is 4.57 Å². The van der Waals surface area contributed by atoms with Crippen molar-refractivity contribution < 1.29 is 0 Å². The number of nitrogens with zero attached hydrogens (tertiary/aromatic N) is 7. The molecule has 0 unspecified atom stereocenters. The van der Waals surface area contributed by atoms with Crippen LogP contribution in [-0.2, 0) is 0 Å². The number of hydrogen-bond donors (Lipinski definition) is 0. The maximum atomic E-state index is 5.16. The maximum Gasteiger partial charge on any atom is 0.234 e. The zero-order valence-electron chi connectivity index (χ0n) is 26.7. The van der Waals surface area contributed by atoms with Crippen molar-refractivity contribution in [2.45, 2.75) is 0 Å². The first-order valence-electron chi connectivity index (χ1n) is 16.5. The van der Waals surface area contributed by atoms with Gasteiger partial charge in [-0.05, 0) is 30.3 Å². The average Bonchev–Trinajstić information content (AvgIpc) is 3.72. The second-order valence-electron chi connectivity index (χ2n) is 12.2. The lowest BCUT2D eigenvalue weighted by Crippen LogP contribution is -2.03. The molecule has 7 nitrogen and oxygen atoms in total. The highest BCUT2D eigenvalue weighted by atomic mass is 15.2. The third-order valence-electron chi connectivity index (χ3n) is 9.29. The predicted molar refractivity (Wildman–Crippen MR) is 200 cm³/mol. The zero-order chi connectivity index (χ0) is 33.0. The molecule has 0 spiro atoms. The summed E-state index contributed by atoms with van der Waals surface area (Å²) in [6.07, 6.45) is 3.59. The van der Waals surface area contributed by atoms with Gasteiger partial charge in [0.2, 0.25) is 5.95 Å². The number of benzene rings is 6. The van der Waals surface area contributed by atoms with E-state index in [1.165, 1.54) is 0 Å². The zero-order valence-corrected chi connectivity index (χ0v) is 26.7. The molecule has 10 aromatic rings. The first-order chi connectivity index (χ1) is 24.8. The molecule has 0 N–H and O–H groups in total. The molecule has 0 amide bonds. The molecule has 4 heterocycles. The van der Waals surface area contributed by atoms with E-state index in [1.54, 1.807) is 12.4 Å². The molecule has 0 aliphatic carbocycles. The summed E-state index contributed by atoms with van der Waals surface area (Å²) in [6.45, 7) is 0. The maximum absolute atomic E-state index is 5.16. The van der Waals surface area contributed by atoms with E-state index in [4.69, 9.17) is 24.9 Å². The summed E-state index contributed by atoms with van der Waals surface area (Å²) in [4.78, 5) is 24.8. The fraction of sp³-hybridized carbons (Fsp3) is 0. The molecular weight excluding hydrogens is 615 g/mol. The van der Waals surface area contributed by atoms with Crippen molar-refractivity contribution in [3.05, 3.63) is 164 Å². The van der Waals surface area contributed by atoms with E-state index in [1.807, 2.05) is 72.8 Å². The Morgan fingerprint density at radius 2 is 0.880 bits per heavy atom. The van der Waals surface area contributed by atoms with Crippen LogP contribution in [0.5, 0.6) is 0 Å². The molecular formula is C43H27N7. The second kappa shape index (κ2) is 11.3. The molecule has 0 atom stereocenters. The molecule has 0 saturated heterocycles. The minimum atomic E-state index is 0.603. The summed E-state index contributed by atoms with van der Waals surface area (Å²) >= 11 is 0. The number of rotatable bonds is 5. The minimum absolute atomic E-state index is 0.603. The van der Waals surface area contributed by atoms with Gasteiger partial charge in [-0.3, -0.25) is 4.57 Å². The van der Waals surface area contributed by atoms with Crippen LogP contribution in [0, 0.1) is 0 Å². The van der Waals surface area contributed by atoms with E-state index < -0.39 is 0 Å². The van der Waals surface area contributed by atoms with Gasteiger partial charge in [0, 0.05) is 56.3 Å². The van der Waals surface area contributed by atoms with Gasteiger partial charge in [0.15, 0.2) is 17.5 Å². The van der Waals surface area contributed by atoms with Crippen LogP contribution in [0.4, 0.5) is 0 Å². The summed E-state index contributed by atoms with van der Waals surface area (Å²) in [7, 11) is 0. The van der Waals surface area contributed by atoms with Crippen LogP contribution in [0.25, 0.3) is 89.4 Å². The lowest BCUT2D eigenvalue weighted by Gasteiger charge is -2.13. The van der Waals surface area contributed by atoms with Crippen LogP contribution >= 0.6 is 0 Å². The van der Waals surface area contributed by atoms with E-state index in [0.29, 0.717) is 23.4 Å². The molecule has 4 aromatic heterocycles. The highest BCUT2D eigenvalue weighted by Crippen LogP contribution is 2.43. The van der Waals surface area contributed by atoms with Crippen LogP contribution in [0.2, 0.25) is 0 Å². The standard InChI is InChI=1S/C43H27N7/c1-4-14-28(15-5-1)40-46-41(29-16-6-2-7-17-29)48-42(47-40)35-22-12-21-32-34-25-24-33-31-20-10-11-23-36(31)50(43-44-26-13-27-45-43)39(33)38(34)49(37(32)35)30-18-8-3-9-19-30/h1-27H. The first kappa shape index (κ1) is 28.1. The van der Waals surface area contributed by atoms with Crippen molar-refractivity contribution in [2.24, 2.45) is 0 Å². The van der Waals surface area contributed by atoms with Crippen LogP contribution in [0.1, 0.15) is 0 Å². The van der Waals surface area contributed by atoms with Gasteiger partial charge >= 0.3 is 0 Å². The molecule has 234 valence electrons. The Morgan fingerprint density at radius 1 is 0.360 bits per heavy atom. The monoisotopic (exact) mass is 641 g/mol. The normalized spacial score (nSPS) is 11.6. The first-order valence-corrected chi connectivity index (χ1v) is 16.5.